The zero-order valence-electron chi connectivity index (χ0n) is 14.4. The lowest BCUT2D eigenvalue weighted by Crippen LogP contribution is -2.31. The molecule has 0 saturated carbocycles. The van der Waals surface area contributed by atoms with Crippen molar-refractivity contribution in [2.75, 3.05) is 11.4 Å². The average molecular weight is 327 g/mol. The average Bonchev–Trinajstić information content (AvgIpc) is 2.67. The Morgan fingerprint density at radius 2 is 1.72 bits per heavy atom. The van der Waals surface area contributed by atoms with Crippen molar-refractivity contribution in [2.45, 2.75) is 19.9 Å². The van der Waals surface area contributed by atoms with Gasteiger partial charge in [0.05, 0.1) is 5.69 Å². The van der Waals surface area contributed by atoms with Gasteiger partial charge in [-0.15, -0.1) is 0 Å². The van der Waals surface area contributed by atoms with Gasteiger partial charge >= 0.3 is 0 Å². The summed E-state index contributed by atoms with van der Waals surface area (Å²) < 4.78 is 0. The highest BCUT2D eigenvalue weighted by atomic mass is 15.2. The Morgan fingerprint density at radius 1 is 0.920 bits per heavy atom. The molecule has 3 nitrogen and oxygen atoms in total. The maximum absolute atomic E-state index is 4.74. The van der Waals surface area contributed by atoms with Crippen LogP contribution in [0.25, 0.3) is 12.2 Å². The van der Waals surface area contributed by atoms with Crippen molar-refractivity contribution in [1.82, 2.24) is 9.97 Å². The molecule has 3 aromatic rings. The molecule has 4 rings (SSSR count). The van der Waals surface area contributed by atoms with E-state index in [0.717, 1.165) is 31.2 Å². The Bertz CT molecular complexity index is 914. The van der Waals surface area contributed by atoms with E-state index in [0.29, 0.717) is 0 Å². The first-order chi connectivity index (χ1) is 12.3. The van der Waals surface area contributed by atoms with Crippen LogP contribution in [0.15, 0.2) is 60.8 Å². The molecule has 3 heteroatoms. The molecule has 2 heterocycles. The van der Waals surface area contributed by atoms with Crippen LogP contribution in [-0.2, 0) is 13.0 Å². The zero-order chi connectivity index (χ0) is 17.1. The molecule has 0 saturated heterocycles. The summed E-state index contributed by atoms with van der Waals surface area (Å²) in [4.78, 5) is 11.5. The molecule has 0 bridgehead atoms. The van der Waals surface area contributed by atoms with Crippen molar-refractivity contribution >= 4 is 18.1 Å². The normalized spacial score (nSPS) is 13.9. The first-order valence-electron chi connectivity index (χ1n) is 8.68. The fraction of sp³-hybridized carbons (Fsp3) is 0.182. The van der Waals surface area contributed by atoms with Gasteiger partial charge in [0.1, 0.15) is 0 Å². The standard InChI is InChI=1S/C22H21N3/c1-17-6-2-3-7-18(17)10-11-21-12-14-23-22(24-21)25-15-13-19-8-4-5-9-20(19)16-25/h2-12,14H,13,15-16H2,1H3/b11-10+. The van der Waals surface area contributed by atoms with Crippen molar-refractivity contribution < 1.29 is 0 Å². The van der Waals surface area contributed by atoms with E-state index in [1.807, 2.05) is 12.3 Å². The lowest BCUT2D eigenvalue weighted by molar-refractivity contribution is 0.707. The third-order valence-corrected chi connectivity index (χ3v) is 4.70. The zero-order valence-corrected chi connectivity index (χ0v) is 14.4. The molecule has 0 unspecified atom stereocenters. The van der Waals surface area contributed by atoms with Gasteiger partial charge in [-0.05, 0) is 47.7 Å². The van der Waals surface area contributed by atoms with Crippen LogP contribution >= 0.6 is 0 Å². The van der Waals surface area contributed by atoms with Gasteiger partial charge in [-0.1, -0.05) is 54.6 Å². The minimum Gasteiger partial charge on any atom is -0.336 e. The van der Waals surface area contributed by atoms with E-state index < -0.39 is 0 Å². The van der Waals surface area contributed by atoms with Crippen LogP contribution < -0.4 is 4.90 Å². The summed E-state index contributed by atoms with van der Waals surface area (Å²) in [6, 6.07) is 18.9. The number of rotatable bonds is 3. The summed E-state index contributed by atoms with van der Waals surface area (Å²) in [6.07, 6.45) is 7.07. The van der Waals surface area contributed by atoms with Gasteiger partial charge in [0.15, 0.2) is 0 Å². The van der Waals surface area contributed by atoms with E-state index in [1.54, 1.807) is 0 Å². The summed E-state index contributed by atoms with van der Waals surface area (Å²) in [7, 11) is 0. The molecule has 0 spiro atoms. The number of fused-ring (bicyclic) bond motifs is 1. The number of aryl methyl sites for hydroxylation is 1. The SMILES string of the molecule is Cc1ccccc1/C=C/c1ccnc(N2CCc3ccccc3C2)n1. The Kier molecular flexibility index (Phi) is 4.30. The van der Waals surface area contributed by atoms with Crippen LogP contribution in [0, 0.1) is 6.92 Å². The Morgan fingerprint density at radius 3 is 2.60 bits per heavy atom. The third kappa shape index (κ3) is 3.45. The van der Waals surface area contributed by atoms with E-state index >= 15 is 0 Å². The second kappa shape index (κ2) is 6.89. The van der Waals surface area contributed by atoms with Gasteiger partial charge < -0.3 is 4.90 Å². The molecule has 0 aliphatic carbocycles. The number of hydrogen-bond donors (Lipinski definition) is 0. The molecule has 124 valence electrons. The molecular formula is C22H21N3. The molecule has 0 N–H and O–H groups in total. The molecule has 0 amide bonds. The summed E-state index contributed by atoms with van der Waals surface area (Å²) in [5.41, 5.74) is 6.23. The fourth-order valence-electron chi connectivity index (χ4n) is 3.22. The predicted octanol–water partition coefficient (Wildman–Crippen LogP) is 4.52. The van der Waals surface area contributed by atoms with Crippen LogP contribution in [0.2, 0.25) is 0 Å². The fourth-order valence-corrected chi connectivity index (χ4v) is 3.22. The lowest BCUT2D eigenvalue weighted by Gasteiger charge is -2.28. The first kappa shape index (κ1) is 15.6. The van der Waals surface area contributed by atoms with Crippen molar-refractivity contribution in [3.8, 4) is 0 Å². The summed E-state index contributed by atoms with van der Waals surface area (Å²) >= 11 is 0. The second-order valence-corrected chi connectivity index (χ2v) is 6.41. The molecular weight excluding hydrogens is 306 g/mol. The van der Waals surface area contributed by atoms with E-state index in [4.69, 9.17) is 4.98 Å². The van der Waals surface area contributed by atoms with Gasteiger partial charge in [0.2, 0.25) is 5.95 Å². The van der Waals surface area contributed by atoms with E-state index in [2.05, 4.69) is 77.5 Å². The Balaban J connectivity index is 1.55. The summed E-state index contributed by atoms with van der Waals surface area (Å²) in [6.45, 7) is 3.96. The largest absolute Gasteiger partial charge is 0.336 e. The molecule has 1 aliphatic rings. The highest BCUT2D eigenvalue weighted by Gasteiger charge is 2.17. The van der Waals surface area contributed by atoms with Gasteiger partial charge in [-0.25, -0.2) is 9.97 Å². The molecule has 2 aromatic carbocycles. The van der Waals surface area contributed by atoms with Gasteiger partial charge in [-0.3, -0.25) is 0 Å². The van der Waals surface area contributed by atoms with Crippen molar-refractivity contribution in [3.05, 3.63) is 88.7 Å². The van der Waals surface area contributed by atoms with Crippen molar-refractivity contribution in [2.24, 2.45) is 0 Å². The smallest absolute Gasteiger partial charge is 0.226 e. The summed E-state index contributed by atoms with van der Waals surface area (Å²) in [5, 5.41) is 0. The minimum absolute atomic E-state index is 0.807. The van der Waals surface area contributed by atoms with Crippen molar-refractivity contribution in [1.29, 1.82) is 0 Å². The van der Waals surface area contributed by atoms with Crippen LogP contribution in [0.4, 0.5) is 5.95 Å². The molecule has 1 aliphatic heterocycles. The molecule has 0 radical (unpaired) electrons. The quantitative estimate of drug-likeness (QED) is 0.708. The maximum atomic E-state index is 4.74. The number of anilines is 1. The van der Waals surface area contributed by atoms with Gasteiger partial charge in [-0.2, -0.15) is 0 Å². The summed E-state index contributed by atoms with van der Waals surface area (Å²) in [5.74, 6) is 0.807. The lowest BCUT2D eigenvalue weighted by atomic mass is 10.0. The number of hydrogen-bond acceptors (Lipinski definition) is 3. The Hall–Kier alpha value is -2.94. The van der Waals surface area contributed by atoms with Crippen molar-refractivity contribution in [3.63, 3.8) is 0 Å². The monoisotopic (exact) mass is 327 g/mol. The molecule has 1 aromatic heterocycles. The second-order valence-electron chi connectivity index (χ2n) is 6.41. The minimum atomic E-state index is 0.807. The Labute approximate surface area is 148 Å². The van der Waals surface area contributed by atoms with Gasteiger partial charge in [0, 0.05) is 19.3 Å². The predicted molar refractivity (Wildman–Crippen MR) is 103 cm³/mol. The number of aromatic nitrogens is 2. The van der Waals surface area contributed by atoms with Crippen LogP contribution in [-0.4, -0.2) is 16.5 Å². The van der Waals surface area contributed by atoms with Crippen LogP contribution in [0.3, 0.4) is 0 Å². The van der Waals surface area contributed by atoms with Crippen LogP contribution in [0.1, 0.15) is 27.9 Å². The topological polar surface area (TPSA) is 29.0 Å². The van der Waals surface area contributed by atoms with Crippen LogP contribution in [0.5, 0.6) is 0 Å². The first-order valence-corrected chi connectivity index (χ1v) is 8.68. The highest BCUT2D eigenvalue weighted by molar-refractivity contribution is 5.69. The van der Waals surface area contributed by atoms with E-state index in [-0.39, 0.29) is 0 Å². The van der Waals surface area contributed by atoms with E-state index in [1.165, 1.54) is 22.3 Å². The maximum Gasteiger partial charge on any atom is 0.226 e. The van der Waals surface area contributed by atoms with Gasteiger partial charge in [0.25, 0.3) is 0 Å². The van der Waals surface area contributed by atoms with E-state index in [9.17, 15) is 0 Å². The molecule has 0 fully saturated rings. The molecule has 0 atom stereocenters. The highest BCUT2D eigenvalue weighted by Crippen LogP contribution is 2.22. The molecule has 25 heavy (non-hydrogen) atoms. The number of nitrogens with zero attached hydrogens (tertiary/aromatic N) is 3. The number of benzene rings is 2. The third-order valence-electron chi connectivity index (χ3n) is 4.70.